The Labute approximate surface area is 352 Å². The molecule has 326 valence electrons. The average molecular weight is 831 g/mol. The van der Waals surface area contributed by atoms with Crippen LogP contribution in [0.15, 0.2) is 36.4 Å². The van der Waals surface area contributed by atoms with Crippen LogP contribution in [-0.2, 0) is 28.8 Å². The van der Waals surface area contributed by atoms with Gasteiger partial charge in [-0.1, -0.05) is 50.2 Å². The van der Waals surface area contributed by atoms with E-state index >= 15 is 0 Å². The normalized spacial score (nSPS) is 22.8. The predicted octanol–water partition coefficient (Wildman–Crippen LogP) is 2.22. The Morgan fingerprint density at radius 3 is 1.40 bits per heavy atom. The van der Waals surface area contributed by atoms with E-state index in [0.717, 1.165) is 22.3 Å². The molecule has 2 fully saturated rings. The topological polar surface area (TPSA) is 200 Å². The highest BCUT2D eigenvalue weighted by Gasteiger charge is 2.41. The maximum absolute atomic E-state index is 13.9. The number of likely N-dealkylation sites (tertiary alicyclic amines) is 2. The largest absolute Gasteiger partial charge is 0.492 e. The van der Waals surface area contributed by atoms with Crippen LogP contribution < -0.4 is 41.4 Å². The molecule has 0 saturated carbocycles. The van der Waals surface area contributed by atoms with E-state index in [1.165, 1.54) is 0 Å². The lowest BCUT2D eigenvalue weighted by atomic mass is 9.90. The fourth-order valence-corrected chi connectivity index (χ4v) is 8.65. The number of nitrogens with zero attached hydrogens (tertiary/aromatic N) is 2. The monoisotopic (exact) mass is 830 g/mol. The number of nitrogens with one attached hydrogen (secondary N) is 6. The van der Waals surface area contributed by atoms with Gasteiger partial charge >= 0.3 is 0 Å². The average Bonchev–Trinajstić information content (AvgIpc) is 3.97. The summed E-state index contributed by atoms with van der Waals surface area (Å²) in [5, 5.41) is 17.9. The lowest BCUT2D eigenvalue weighted by molar-refractivity contribution is -0.142. The van der Waals surface area contributed by atoms with Crippen LogP contribution in [0.2, 0.25) is 0 Å². The van der Waals surface area contributed by atoms with E-state index in [4.69, 9.17) is 9.47 Å². The van der Waals surface area contributed by atoms with Crippen molar-refractivity contribution >= 4 is 35.4 Å². The van der Waals surface area contributed by atoms with Crippen LogP contribution in [0.4, 0.5) is 0 Å². The first-order valence-corrected chi connectivity index (χ1v) is 21.6. The second-order valence-corrected chi connectivity index (χ2v) is 16.2. The van der Waals surface area contributed by atoms with Crippen molar-refractivity contribution in [2.24, 2.45) is 0 Å². The number of carbonyl (C=O) groups excluding carboxylic acids is 6. The number of amides is 6. The molecule has 0 aliphatic carbocycles. The molecule has 2 saturated heterocycles. The van der Waals surface area contributed by atoms with E-state index < -0.39 is 36.3 Å². The molecule has 0 aromatic heterocycles. The van der Waals surface area contributed by atoms with E-state index in [0.29, 0.717) is 89.2 Å². The van der Waals surface area contributed by atoms with Crippen LogP contribution in [0.3, 0.4) is 0 Å². The Morgan fingerprint density at radius 1 is 0.633 bits per heavy atom. The Hall–Kier alpha value is -5.22. The van der Waals surface area contributed by atoms with E-state index in [1.807, 2.05) is 50.2 Å². The molecule has 4 unspecified atom stereocenters. The highest BCUT2D eigenvalue weighted by atomic mass is 16.5. The SMILES string of the molecule is CCC(NC(=O)C(C)NC)C(=O)N1CCC[C@H]1C(=O)N[C@@H]1CCOc2c(-c3cccc4c3OCC[C@H]4NC(=O)[C@@H]3CCCN3C(=O)C(CC)NC(=O)C(C)NC)cccc21. The number of carbonyl (C=O) groups is 6. The van der Waals surface area contributed by atoms with Gasteiger partial charge in [-0.3, -0.25) is 28.8 Å². The highest BCUT2D eigenvalue weighted by molar-refractivity contribution is 5.95. The summed E-state index contributed by atoms with van der Waals surface area (Å²) in [5.74, 6) is -0.286. The van der Waals surface area contributed by atoms with Crippen LogP contribution in [-0.4, -0.2) is 122 Å². The molecule has 16 nitrogen and oxygen atoms in total. The Balaban J connectivity index is 1.16. The van der Waals surface area contributed by atoms with Crippen molar-refractivity contribution in [1.82, 2.24) is 41.7 Å². The molecule has 0 bridgehead atoms. The molecule has 4 aliphatic rings. The maximum atomic E-state index is 13.9. The predicted molar refractivity (Wildman–Crippen MR) is 225 cm³/mol. The zero-order chi connectivity index (χ0) is 43.1. The number of benzene rings is 2. The number of likely N-dealkylation sites (N-methyl/N-ethyl adjacent to an activating group) is 2. The molecule has 0 spiro atoms. The minimum absolute atomic E-state index is 0.242. The van der Waals surface area contributed by atoms with Gasteiger partial charge in [-0.25, -0.2) is 0 Å². The van der Waals surface area contributed by atoms with Crippen molar-refractivity contribution in [3.8, 4) is 22.6 Å². The van der Waals surface area contributed by atoms with Gasteiger partial charge < -0.3 is 51.2 Å². The number of hydrogen-bond donors (Lipinski definition) is 6. The molecule has 16 heteroatoms. The van der Waals surface area contributed by atoms with Gasteiger partial charge in [0, 0.05) is 48.2 Å². The van der Waals surface area contributed by atoms with Crippen molar-refractivity contribution in [1.29, 1.82) is 0 Å². The molecular formula is C44H62N8O8. The first-order valence-electron chi connectivity index (χ1n) is 21.6. The molecule has 60 heavy (non-hydrogen) atoms. The van der Waals surface area contributed by atoms with E-state index in [2.05, 4.69) is 31.9 Å². The van der Waals surface area contributed by atoms with Crippen molar-refractivity contribution in [2.45, 2.75) is 127 Å². The molecule has 4 aliphatic heterocycles. The number of para-hydroxylation sites is 2. The van der Waals surface area contributed by atoms with Gasteiger partial charge in [0.2, 0.25) is 35.4 Å². The van der Waals surface area contributed by atoms with Gasteiger partial charge in [-0.15, -0.1) is 0 Å². The number of rotatable bonds is 15. The molecular weight excluding hydrogens is 769 g/mol. The van der Waals surface area contributed by atoms with Gasteiger partial charge in [0.25, 0.3) is 0 Å². The van der Waals surface area contributed by atoms with Crippen LogP contribution in [0.1, 0.15) is 102 Å². The van der Waals surface area contributed by atoms with E-state index in [1.54, 1.807) is 37.7 Å². The van der Waals surface area contributed by atoms with Crippen LogP contribution in [0, 0.1) is 0 Å². The summed E-state index contributed by atoms with van der Waals surface area (Å²) in [6.45, 7) is 8.72. The van der Waals surface area contributed by atoms with Gasteiger partial charge in [0.05, 0.1) is 37.4 Å². The van der Waals surface area contributed by atoms with E-state index in [-0.39, 0.29) is 47.5 Å². The third-order valence-electron chi connectivity index (χ3n) is 12.4. The number of ether oxygens (including phenoxy) is 2. The number of fused-ring (bicyclic) bond motifs is 2. The zero-order valence-corrected chi connectivity index (χ0v) is 35.7. The van der Waals surface area contributed by atoms with Gasteiger partial charge in [0.1, 0.15) is 35.7 Å². The second kappa shape index (κ2) is 19.9. The molecule has 6 amide bonds. The highest BCUT2D eigenvalue weighted by Crippen LogP contribution is 2.46. The van der Waals surface area contributed by atoms with Crippen molar-refractivity contribution in [2.75, 3.05) is 40.4 Å². The summed E-state index contributed by atoms with van der Waals surface area (Å²) in [7, 11) is 3.37. The molecule has 0 radical (unpaired) electrons. The summed E-state index contributed by atoms with van der Waals surface area (Å²) in [4.78, 5) is 83.6. The molecule has 6 N–H and O–H groups in total. The Morgan fingerprint density at radius 2 is 1.03 bits per heavy atom. The Bertz CT molecular complexity index is 1790. The third-order valence-corrected chi connectivity index (χ3v) is 12.4. The maximum Gasteiger partial charge on any atom is 0.245 e. The summed E-state index contributed by atoms with van der Waals surface area (Å²) in [6, 6.07) is 7.22. The molecule has 2 aromatic carbocycles. The summed E-state index contributed by atoms with van der Waals surface area (Å²) < 4.78 is 12.6. The summed E-state index contributed by atoms with van der Waals surface area (Å²) in [6.07, 6.45) is 4.30. The van der Waals surface area contributed by atoms with Crippen molar-refractivity contribution in [3.05, 3.63) is 47.5 Å². The standard InChI is InChI=1S/C44H62N8O8/c1-7-31(47-39(53)25(3)45-5)43(57)51-21-11-17-35(51)41(55)49-33-19-23-59-37-27(13-9-15-29(33)37)28-14-10-16-30-34(20-24-60-38(28)30)50-42(56)36-18-12-22-52(36)44(58)32(8-2)48-40(54)26(4)46-6/h9-10,13-16,25-26,31-36,45-46H,7-8,11-12,17-24H2,1-6H3,(H,47,53)(H,48,54)(H,49,55)(H,50,56)/t25?,26?,31?,32?,33-,34-,35+,36+/m1/s1. The van der Waals surface area contributed by atoms with Crippen LogP contribution in [0.5, 0.6) is 11.5 Å². The van der Waals surface area contributed by atoms with Crippen molar-refractivity contribution in [3.63, 3.8) is 0 Å². The molecule has 4 heterocycles. The minimum atomic E-state index is -0.729. The molecule has 8 atom stereocenters. The summed E-state index contributed by atoms with van der Waals surface area (Å²) in [5.41, 5.74) is 3.21. The van der Waals surface area contributed by atoms with Crippen LogP contribution in [0.25, 0.3) is 11.1 Å². The zero-order valence-electron chi connectivity index (χ0n) is 35.7. The first kappa shape index (κ1) is 44.3. The van der Waals surface area contributed by atoms with Crippen LogP contribution >= 0.6 is 0 Å². The minimum Gasteiger partial charge on any atom is -0.492 e. The lowest BCUT2D eigenvalue weighted by Crippen LogP contribution is -2.55. The number of hydrogen-bond acceptors (Lipinski definition) is 10. The van der Waals surface area contributed by atoms with Gasteiger partial charge in [0.15, 0.2) is 0 Å². The fourth-order valence-electron chi connectivity index (χ4n) is 8.65. The van der Waals surface area contributed by atoms with E-state index in [9.17, 15) is 28.8 Å². The second-order valence-electron chi connectivity index (χ2n) is 16.2. The van der Waals surface area contributed by atoms with Crippen molar-refractivity contribution < 1.29 is 38.2 Å². The lowest BCUT2D eigenvalue weighted by Gasteiger charge is -2.33. The smallest absolute Gasteiger partial charge is 0.245 e. The Kier molecular flexibility index (Phi) is 14.7. The third kappa shape index (κ3) is 9.39. The van der Waals surface area contributed by atoms with Gasteiger partial charge in [-0.2, -0.15) is 0 Å². The quantitative estimate of drug-likeness (QED) is 0.155. The van der Waals surface area contributed by atoms with Gasteiger partial charge in [-0.05, 0) is 66.5 Å². The molecule has 2 aromatic rings. The molecule has 6 rings (SSSR count). The summed E-state index contributed by atoms with van der Waals surface area (Å²) >= 11 is 0. The first-order chi connectivity index (χ1) is 28.9. The fraction of sp³-hybridized carbons (Fsp3) is 0.591.